The van der Waals surface area contributed by atoms with E-state index in [0.29, 0.717) is 0 Å². The number of benzene rings is 2. The first-order valence-electron chi connectivity index (χ1n) is 8.05. The Kier molecular flexibility index (Phi) is 6.45. The Hall–Kier alpha value is -2.88. The summed E-state index contributed by atoms with van der Waals surface area (Å²) >= 11 is 0. The number of hydrogen-bond acceptors (Lipinski definition) is 5. The van der Waals surface area contributed by atoms with Crippen LogP contribution in [-0.4, -0.2) is 26.7 Å². The normalized spacial score (nSPS) is 12.5. The van der Waals surface area contributed by atoms with Crippen molar-refractivity contribution in [1.82, 2.24) is 4.83 Å². The van der Waals surface area contributed by atoms with Gasteiger partial charge in [0.05, 0.1) is 17.1 Å². The highest BCUT2D eigenvalue weighted by Crippen LogP contribution is 2.29. The average molecular weight is 414 g/mol. The molecule has 0 fully saturated rings. The van der Waals surface area contributed by atoms with Gasteiger partial charge < -0.3 is 4.74 Å². The fraction of sp³-hybridized carbons (Fsp3) is 0.222. The van der Waals surface area contributed by atoms with Gasteiger partial charge in [0.25, 0.3) is 10.0 Å². The predicted molar refractivity (Wildman–Crippen MR) is 96.1 cm³/mol. The molecule has 0 amide bonds. The lowest BCUT2D eigenvalue weighted by Gasteiger charge is -2.10. The highest BCUT2D eigenvalue weighted by molar-refractivity contribution is 7.89. The van der Waals surface area contributed by atoms with Crippen LogP contribution in [0.5, 0.6) is 0 Å². The molecule has 6 nitrogen and oxygen atoms in total. The molecule has 0 aliphatic carbocycles. The lowest BCUT2D eigenvalue weighted by atomic mass is 10.1. The quantitative estimate of drug-likeness (QED) is 0.447. The van der Waals surface area contributed by atoms with Crippen molar-refractivity contribution in [3.8, 4) is 0 Å². The molecule has 2 rings (SSSR count). The molecular weight excluding hydrogens is 397 g/mol. The fourth-order valence-corrected chi connectivity index (χ4v) is 2.93. The molecule has 0 unspecified atom stereocenters. The minimum absolute atomic E-state index is 0.0246. The van der Waals surface area contributed by atoms with E-state index in [1.165, 1.54) is 19.1 Å². The predicted octanol–water partition coefficient (Wildman–Crippen LogP) is 3.26. The van der Waals surface area contributed by atoms with E-state index in [9.17, 15) is 26.4 Å². The van der Waals surface area contributed by atoms with Gasteiger partial charge in [0, 0.05) is 5.56 Å². The minimum atomic E-state index is -4.55. The zero-order valence-electron chi connectivity index (χ0n) is 14.9. The van der Waals surface area contributed by atoms with Gasteiger partial charge in [-0.1, -0.05) is 29.8 Å². The third-order valence-electron chi connectivity index (χ3n) is 3.56. The zero-order chi connectivity index (χ0) is 20.9. The van der Waals surface area contributed by atoms with E-state index in [2.05, 4.69) is 5.10 Å². The Balaban J connectivity index is 2.37. The standard InChI is InChI=1S/C18H17F3N2O4S/c1-3-27-17(24)16(13-6-8-14(9-7-13)18(19,20)21)22-23-28(25,26)15-10-4-12(2)5-11-15/h4-11,23H,3H2,1-2H3/b22-16-. The second kappa shape index (κ2) is 8.42. The van der Waals surface area contributed by atoms with Crippen molar-refractivity contribution in [3.05, 3.63) is 65.2 Å². The summed E-state index contributed by atoms with van der Waals surface area (Å²) < 4.78 is 67.6. The summed E-state index contributed by atoms with van der Waals surface area (Å²) in [6, 6.07) is 9.43. The van der Waals surface area contributed by atoms with Crippen molar-refractivity contribution in [2.24, 2.45) is 5.10 Å². The van der Waals surface area contributed by atoms with Crippen LogP contribution in [0.3, 0.4) is 0 Å². The van der Waals surface area contributed by atoms with Gasteiger partial charge in [-0.15, -0.1) is 0 Å². The monoisotopic (exact) mass is 414 g/mol. The molecule has 0 aliphatic heterocycles. The molecule has 0 radical (unpaired) electrons. The van der Waals surface area contributed by atoms with Crippen molar-refractivity contribution >= 4 is 21.7 Å². The number of nitrogens with zero attached hydrogens (tertiary/aromatic N) is 1. The lowest BCUT2D eigenvalue weighted by molar-refractivity contribution is -0.137. The Bertz CT molecular complexity index is 967. The number of ether oxygens (including phenoxy) is 1. The maximum Gasteiger partial charge on any atom is 0.416 e. The number of carbonyl (C=O) groups is 1. The Morgan fingerprint density at radius 2 is 1.64 bits per heavy atom. The molecule has 2 aromatic carbocycles. The van der Waals surface area contributed by atoms with Crippen LogP contribution >= 0.6 is 0 Å². The van der Waals surface area contributed by atoms with Gasteiger partial charge in [0.1, 0.15) is 0 Å². The van der Waals surface area contributed by atoms with E-state index in [0.717, 1.165) is 29.8 Å². The summed E-state index contributed by atoms with van der Waals surface area (Å²) in [6.07, 6.45) is -4.55. The Morgan fingerprint density at radius 3 is 2.14 bits per heavy atom. The van der Waals surface area contributed by atoms with Crippen molar-refractivity contribution < 1.29 is 31.1 Å². The Labute approximate surface area is 160 Å². The summed E-state index contributed by atoms with van der Waals surface area (Å²) in [4.78, 5) is 13.9. The number of sulfonamides is 1. The first-order valence-corrected chi connectivity index (χ1v) is 9.54. The first kappa shape index (κ1) is 21.4. The number of hydrogen-bond donors (Lipinski definition) is 1. The maximum absolute atomic E-state index is 12.7. The second-order valence-corrected chi connectivity index (χ2v) is 7.32. The van der Waals surface area contributed by atoms with Gasteiger partial charge in [-0.25, -0.2) is 4.79 Å². The summed E-state index contributed by atoms with van der Waals surface area (Å²) in [5, 5.41) is 3.60. The number of alkyl halides is 3. The van der Waals surface area contributed by atoms with Crippen molar-refractivity contribution in [2.45, 2.75) is 24.9 Å². The topological polar surface area (TPSA) is 84.8 Å². The van der Waals surface area contributed by atoms with Crippen LogP contribution in [0.4, 0.5) is 13.2 Å². The summed E-state index contributed by atoms with van der Waals surface area (Å²) in [7, 11) is -4.09. The second-order valence-electron chi connectivity index (χ2n) is 5.66. The van der Waals surface area contributed by atoms with E-state index < -0.39 is 33.4 Å². The average Bonchev–Trinajstić information content (AvgIpc) is 2.62. The van der Waals surface area contributed by atoms with E-state index in [4.69, 9.17) is 4.74 Å². The van der Waals surface area contributed by atoms with Crippen LogP contribution in [0.25, 0.3) is 0 Å². The zero-order valence-corrected chi connectivity index (χ0v) is 15.8. The van der Waals surface area contributed by atoms with E-state index in [-0.39, 0.29) is 17.1 Å². The smallest absolute Gasteiger partial charge is 0.416 e. The highest BCUT2D eigenvalue weighted by Gasteiger charge is 2.30. The van der Waals surface area contributed by atoms with Gasteiger partial charge in [-0.2, -0.15) is 31.5 Å². The van der Waals surface area contributed by atoms with E-state index in [1.807, 2.05) is 4.83 Å². The number of rotatable bonds is 6. The summed E-state index contributed by atoms with van der Waals surface area (Å²) in [6.45, 7) is 3.29. The SMILES string of the molecule is CCOC(=O)/C(=N\NS(=O)(=O)c1ccc(C)cc1)c1ccc(C(F)(F)F)cc1. The molecule has 150 valence electrons. The van der Waals surface area contributed by atoms with Crippen LogP contribution in [-0.2, 0) is 25.7 Å². The van der Waals surface area contributed by atoms with Crippen LogP contribution in [0, 0.1) is 6.92 Å². The number of aryl methyl sites for hydroxylation is 1. The van der Waals surface area contributed by atoms with Gasteiger partial charge >= 0.3 is 12.1 Å². The van der Waals surface area contributed by atoms with Gasteiger partial charge in [0.15, 0.2) is 5.71 Å². The van der Waals surface area contributed by atoms with Crippen molar-refractivity contribution in [3.63, 3.8) is 0 Å². The van der Waals surface area contributed by atoms with Crippen LogP contribution in [0.1, 0.15) is 23.6 Å². The van der Waals surface area contributed by atoms with Gasteiger partial charge in [-0.05, 0) is 38.1 Å². The summed E-state index contributed by atoms with van der Waals surface area (Å²) in [5.41, 5.74) is -0.566. The largest absolute Gasteiger partial charge is 0.461 e. The number of halogens is 3. The van der Waals surface area contributed by atoms with Gasteiger partial charge in [0.2, 0.25) is 0 Å². The molecule has 0 saturated carbocycles. The van der Waals surface area contributed by atoms with Crippen LogP contribution < -0.4 is 4.83 Å². The number of carbonyl (C=O) groups excluding carboxylic acids is 1. The van der Waals surface area contributed by atoms with Crippen LogP contribution in [0.15, 0.2) is 58.5 Å². The molecule has 0 atom stereocenters. The lowest BCUT2D eigenvalue weighted by Crippen LogP contribution is -2.26. The highest BCUT2D eigenvalue weighted by atomic mass is 32.2. The maximum atomic E-state index is 12.7. The molecule has 0 aromatic heterocycles. The molecular formula is C18H17F3N2O4S. The van der Waals surface area contributed by atoms with Crippen LogP contribution in [0.2, 0.25) is 0 Å². The number of hydrazone groups is 1. The molecule has 2 aromatic rings. The third-order valence-corrected chi connectivity index (χ3v) is 4.79. The summed E-state index contributed by atoms with van der Waals surface area (Å²) in [5.74, 6) is -0.978. The molecule has 0 saturated heterocycles. The van der Waals surface area contributed by atoms with Gasteiger partial charge in [-0.3, -0.25) is 0 Å². The molecule has 0 heterocycles. The molecule has 28 heavy (non-hydrogen) atoms. The third kappa shape index (κ3) is 5.32. The first-order chi connectivity index (χ1) is 13.0. The molecule has 0 spiro atoms. The molecule has 10 heteroatoms. The number of nitrogens with one attached hydrogen (secondary N) is 1. The Morgan fingerprint density at radius 1 is 1.07 bits per heavy atom. The molecule has 0 aliphatic rings. The van der Waals surface area contributed by atoms with E-state index in [1.54, 1.807) is 19.1 Å². The molecule has 0 bridgehead atoms. The minimum Gasteiger partial charge on any atom is -0.461 e. The fourth-order valence-electron chi connectivity index (χ4n) is 2.12. The van der Waals surface area contributed by atoms with E-state index >= 15 is 0 Å². The van der Waals surface area contributed by atoms with Crippen molar-refractivity contribution in [2.75, 3.05) is 6.61 Å². The van der Waals surface area contributed by atoms with Crippen molar-refractivity contribution in [1.29, 1.82) is 0 Å². The molecule has 1 N–H and O–H groups in total. The number of esters is 1.